The third-order valence-electron chi connectivity index (χ3n) is 3.35. The Morgan fingerprint density at radius 1 is 1.35 bits per heavy atom. The molecular formula is C14H26N2O2S2. The molecule has 1 N–H and O–H groups in total. The summed E-state index contributed by atoms with van der Waals surface area (Å²) in [5, 5.41) is 5.21. The molecule has 1 heterocycles. The van der Waals surface area contributed by atoms with Gasteiger partial charge in [-0.2, -0.15) is 4.31 Å². The van der Waals surface area contributed by atoms with Crippen molar-refractivity contribution in [3.05, 3.63) is 17.0 Å². The van der Waals surface area contributed by atoms with E-state index in [1.165, 1.54) is 15.6 Å². The number of nitrogens with zero attached hydrogens (tertiary/aromatic N) is 1. The van der Waals surface area contributed by atoms with E-state index in [-0.39, 0.29) is 6.04 Å². The Morgan fingerprint density at radius 2 is 2.05 bits per heavy atom. The van der Waals surface area contributed by atoms with Gasteiger partial charge in [0.25, 0.3) is 10.0 Å². The molecule has 1 aromatic rings. The van der Waals surface area contributed by atoms with Crippen LogP contribution in [0.2, 0.25) is 0 Å². The van der Waals surface area contributed by atoms with E-state index < -0.39 is 10.0 Å². The van der Waals surface area contributed by atoms with Crippen molar-refractivity contribution in [1.82, 2.24) is 9.62 Å². The molecule has 0 aromatic carbocycles. The van der Waals surface area contributed by atoms with Crippen molar-refractivity contribution in [2.24, 2.45) is 0 Å². The van der Waals surface area contributed by atoms with Gasteiger partial charge in [-0.05, 0) is 43.3 Å². The zero-order valence-corrected chi connectivity index (χ0v) is 14.5. The topological polar surface area (TPSA) is 49.4 Å². The van der Waals surface area contributed by atoms with E-state index >= 15 is 0 Å². The zero-order chi connectivity index (χ0) is 15.2. The smallest absolute Gasteiger partial charge is 0.252 e. The summed E-state index contributed by atoms with van der Waals surface area (Å²) in [6.45, 7) is 7.82. The fraction of sp³-hybridized carbons (Fsp3) is 0.714. The minimum atomic E-state index is -3.35. The van der Waals surface area contributed by atoms with E-state index in [1.807, 2.05) is 12.3 Å². The van der Waals surface area contributed by atoms with Crippen LogP contribution in [-0.2, 0) is 16.6 Å². The molecule has 0 spiro atoms. The van der Waals surface area contributed by atoms with Crippen LogP contribution in [-0.4, -0.2) is 32.4 Å². The van der Waals surface area contributed by atoms with Gasteiger partial charge in [-0.25, -0.2) is 8.42 Å². The Hall–Kier alpha value is -0.430. The Balaban J connectivity index is 2.77. The van der Waals surface area contributed by atoms with Gasteiger partial charge in [-0.1, -0.05) is 20.3 Å². The van der Waals surface area contributed by atoms with Crippen molar-refractivity contribution in [3.63, 3.8) is 0 Å². The molecule has 0 saturated heterocycles. The van der Waals surface area contributed by atoms with Crippen LogP contribution < -0.4 is 5.32 Å². The lowest BCUT2D eigenvalue weighted by Crippen LogP contribution is -2.34. The number of sulfonamides is 1. The molecule has 0 bridgehead atoms. The van der Waals surface area contributed by atoms with Crippen molar-refractivity contribution in [2.45, 2.75) is 56.8 Å². The maximum absolute atomic E-state index is 12.5. The first-order chi connectivity index (χ1) is 9.43. The number of rotatable bonds is 9. The summed E-state index contributed by atoms with van der Waals surface area (Å²) >= 11 is 1.31. The lowest BCUT2D eigenvalue weighted by molar-refractivity contribution is 0.369. The minimum absolute atomic E-state index is 0.0359. The predicted molar refractivity (Wildman–Crippen MR) is 85.6 cm³/mol. The van der Waals surface area contributed by atoms with Crippen LogP contribution >= 0.6 is 11.3 Å². The second-order valence-electron chi connectivity index (χ2n) is 5.11. The molecule has 1 unspecified atom stereocenters. The van der Waals surface area contributed by atoms with Crippen LogP contribution in [0.15, 0.2) is 15.7 Å². The van der Waals surface area contributed by atoms with Gasteiger partial charge in [0, 0.05) is 19.6 Å². The average Bonchev–Trinajstić information content (AvgIpc) is 2.88. The summed E-state index contributed by atoms with van der Waals surface area (Å²) < 4.78 is 26.9. The molecular weight excluding hydrogens is 292 g/mol. The normalized spacial score (nSPS) is 13.8. The van der Waals surface area contributed by atoms with Gasteiger partial charge in [0.2, 0.25) is 0 Å². The highest BCUT2D eigenvalue weighted by molar-refractivity contribution is 7.91. The van der Waals surface area contributed by atoms with Gasteiger partial charge >= 0.3 is 0 Å². The lowest BCUT2D eigenvalue weighted by Gasteiger charge is -2.23. The number of thiophene rings is 1. The molecule has 0 amide bonds. The molecule has 0 radical (unpaired) electrons. The summed E-state index contributed by atoms with van der Waals surface area (Å²) in [5.41, 5.74) is 1.04. The third kappa shape index (κ3) is 4.55. The fourth-order valence-electron chi connectivity index (χ4n) is 1.97. The second-order valence-corrected chi connectivity index (χ2v) is 8.25. The Morgan fingerprint density at radius 3 is 2.65 bits per heavy atom. The van der Waals surface area contributed by atoms with Gasteiger partial charge in [0.05, 0.1) is 0 Å². The molecule has 6 heteroatoms. The highest BCUT2D eigenvalue weighted by Crippen LogP contribution is 2.25. The standard InChI is InChI=1S/C14H26N2O2S2/c1-5-7-12(3)16(4)20(17,18)14-9-13(11-19-14)10-15-8-6-2/h9,11-12,15H,5-8,10H2,1-4H3. The van der Waals surface area contributed by atoms with Gasteiger partial charge in [0.1, 0.15) is 4.21 Å². The highest BCUT2D eigenvalue weighted by Gasteiger charge is 2.26. The first-order valence-electron chi connectivity index (χ1n) is 7.19. The second kappa shape index (κ2) is 8.12. The Bertz CT molecular complexity index is 497. The highest BCUT2D eigenvalue weighted by atomic mass is 32.2. The minimum Gasteiger partial charge on any atom is -0.313 e. The summed E-state index contributed by atoms with van der Waals surface area (Å²) in [6.07, 6.45) is 2.94. The van der Waals surface area contributed by atoms with Crippen molar-refractivity contribution in [2.75, 3.05) is 13.6 Å². The molecule has 0 fully saturated rings. The summed E-state index contributed by atoms with van der Waals surface area (Å²) in [6, 6.07) is 1.83. The van der Waals surface area contributed by atoms with Crippen molar-refractivity contribution in [1.29, 1.82) is 0 Å². The van der Waals surface area contributed by atoms with Crippen LogP contribution in [0.3, 0.4) is 0 Å². The molecule has 0 aliphatic rings. The van der Waals surface area contributed by atoms with E-state index in [1.54, 1.807) is 13.1 Å². The largest absolute Gasteiger partial charge is 0.313 e. The maximum atomic E-state index is 12.5. The lowest BCUT2D eigenvalue weighted by atomic mass is 10.2. The quantitative estimate of drug-likeness (QED) is 0.712. The fourth-order valence-corrected chi connectivity index (χ4v) is 4.75. The first-order valence-corrected chi connectivity index (χ1v) is 9.51. The van der Waals surface area contributed by atoms with Gasteiger partial charge in [-0.3, -0.25) is 0 Å². The van der Waals surface area contributed by atoms with Crippen LogP contribution in [0.25, 0.3) is 0 Å². The number of nitrogens with one attached hydrogen (secondary N) is 1. The molecule has 20 heavy (non-hydrogen) atoms. The molecule has 0 saturated carbocycles. The number of hydrogen-bond acceptors (Lipinski definition) is 4. The summed E-state index contributed by atoms with van der Waals surface area (Å²) in [5.74, 6) is 0. The first kappa shape index (κ1) is 17.6. The third-order valence-corrected chi connectivity index (χ3v) is 6.78. The molecule has 116 valence electrons. The molecule has 0 aliphatic heterocycles. The van der Waals surface area contributed by atoms with Crippen molar-refractivity contribution >= 4 is 21.4 Å². The Kier molecular flexibility index (Phi) is 7.15. The molecule has 1 atom stereocenters. The van der Waals surface area contributed by atoms with Crippen LogP contribution in [0.4, 0.5) is 0 Å². The summed E-state index contributed by atoms with van der Waals surface area (Å²) in [4.78, 5) is 0. The molecule has 4 nitrogen and oxygen atoms in total. The summed E-state index contributed by atoms with van der Waals surface area (Å²) in [7, 11) is -1.68. The van der Waals surface area contributed by atoms with E-state index in [0.717, 1.165) is 37.9 Å². The predicted octanol–water partition coefficient (Wildman–Crippen LogP) is 3.06. The molecule has 0 aliphatic carbocycles. The molecule has 1 aromatic heterocycles. The van der Waals surface area contributed by atoms with Crippen molar-refractivity contribution in [3.8, 4) is 0 Å². The van der Waals surface area contributed by atoms with Crippen LogP contribution in [0.5, 0.6) is 0 Å². The van der Waals surface area contributed by atoms with Crippen LogP contribution in [0.1, 0.15) is 45.6 Å². The monoisotopic (exact) mass is 318 g/mol. The average molecular weight is 319 g/mol. The number of hydrogen-bond donors (Lipinski definition) is 1. The van der Waals surface area contributed by atoms with Gasteiger partial charge < -0.3 is 5.32 Å². The SMILES string of the molecule is CCCNCc1csc(S(=O)(=O)N(C)C(C)CCC)c1. The van der Waals surface area contributed by atoms with Crippen molar-refractivity contribution < 1.29 is 8.42 Å². The van der Waals surface area contributed by atoms with Gasteiger partial charge in [0.15, 0.2) is 0 Å². The van der Waals surface area contributed by atoms with Gasteiger partial charge in [-0.15, -0.1) is 11.3 Å². The van der Waals surface area contributed by atoms with E-state index in [2.05, 4.69) is 19.2 Å². The maximum Gasteiger partial charge on any atom is 0.252 e. The van der Waals surface area contributed by atoms with Crippen LogP contribution in [0, 0.1) is 0 Å². The van der Waals surface area contributed by atoms with E-state index in [4.69, 9.17) is 0 Å². The zero-order valence-electron chi connectivity index (χ0n) is 12.8. The molecule has 1 rings (SSSR count). The Labute approximate surface area is 127 Å². The van der Waals surface area contributed by atoms with E-state index in [9.17, 15) is 8.42 Å². The van der Waals surface area contributed by atoms with E-state index in [0.29, 0.717) is 4.21 Å².